The second-order valence-corrected chi connectivity index (χ2v) is 19.9. The highest BCUT2D eigenvalue weighted by Gasteiger charge is 2.50. The summed E-state index contributed by atoms with van der Waals surface area (Å²) in [5.74, 6) is -3.15. The van der Waals surface area contributed by atoms with Crippen molar-refractivity contribution in [3.05, 3.63) is 60.8 Å². The van der Waals surface area contributed by atoms with Crippen LogP contribution in [0.25, 0.3) is 0 Å². The molecular weight excluding hydrogens is 925 g/mol. The van der Waals surface area contributed by atoms with Crippen LogP contribution in [0.4, 0.5) is 0 Å². The van der Waals surface area contributed by atoms with Crippen LogP contribution in [0, 0.1) is 0 Å². The van der Waals surface area contributed by atoms with Crippen molar-refractivity contribution >= 4 is 23.9 Å². The van der Waals surface area contributed by atoms with E-state index in [1.54, 1.807) is 0 Å². The summed E-state index contributed by atoms with van der Waals surface area (Å²) in [5, 5.41) is 31.4. The Morgan fingerprint density at radius 1 is 0.466 bits per heavy atom. The average molecular weight is 1030 g/mol. The van der Waals surface area contributed by atoms with Gasteiger partial charge in [-0.1, -0.05) is 210 Å². The molecule has 0 spiro atoms. The van der Waals surface area contributed by atoms with Gasteiger partial charge in [-0.25, -0.2) is 4.79 Å². The number of ether oxygens (including phenoxy) is 5. The number of aliphatic hydroxyl groups is 2. The molecule has 1 aliphatic rings. The number of aliphatic carboxylic acids is 1. The van der Waals surface area contributed by atoms with E-state index in [1.807, 2.05) is 0 Å². The number of esters is 3. The first kappa shape index (κ1) is 67.4. The van der Waals surface area contributed by atoms with Crippen LogP contribution in [0.2, 0.25) is 0 Å². The molecule has 1 fully saturated rings. The van der Waals surface area contributed by atoms with Crippen molar-refractivity contribution in [1.29, 1.82) is 0 Å². The molecule has 6 atom stereocenters. The summed E-state index contributed by atoms with van der Waals surface area (Å²) >= 11 is 0. The van der Waals surface area contributed by atoms with Gasteiger partial charge >= 0.3 is 23.9 Å². The number of carboxylic acids is 1. The minimum atomic E-state index is -1.91. The third-order valence-electron chi connectivity index (χ3n) is 13.1. The van der Waals surface area contributed by atoms with Gasteiger partial charge in [-0.15, -0.1) is 0 Å². The Bertz CT molecular complexity index is 1500. The molecule has 6 unspecified atom stereocenters. The van der Waals surface area contributed by atoms with Gasteiger partial charge in [0.2, 0.25) is 0 Å². The van der Waals surface area contributed by atoms with Crippen LogP contribution < -0.4 is 0 Å². The van der Waals surface area contributed by atoms with E-state index in [0.717, 1.165) is 109 Å². The van der Waals surface area contributed by atoms with Gasteiger partial charge in [0, 0.05) is 19.3 Å². The lowest BCUT2D eigenvalue weighted by Gasteiger charge is -2.40. The van der Waals surface area contributed by atoms with E-state index >= 15 is 0 Å². The molecule has 0 saturated carbocycles. The Balaban J connectivity index is 2.70. The molecule has 0 aliphatic carbocycles. The zero-order valence-electron chi connectivity index (χ0n) is 46.1. The van der Waals surface area contributed by atoms with Crippen LogP contribution in [-0.2, 0) is 42.9 Å². The van der Waals surface area contributed by atoms with Crippen molar-refractivity contribution in [2.24, 2.45) is 0 Å². The van der Waals surface area contributed by atoms with E-state index in [-0.39, 0.29) is 25.9 Å². The summed E-state index contributed by atoms with van der Waals surface area (Å²) in [7, 11) is 0. The van der Waals surface area contributed by atoms with E-state index < -0.39 is 67.3 Å². The van der Waals surface area contributed by atoms with Crippen LogP contribution in [-0.4, -0.2) is 89.2 Å². The van der Waals surface area contributed by atoms with Gasteiger partial charge in [0.1, 0.15) is 18.8 Å². The normalized spacial score (nSPS) is 18.7. The number of hydrogen-bond acceptors (Lipinski definition) is 11. The molecule has 1 rings (SSSR count). The lowest BCUT2D eigenvalue weighted by molar-refractivity contribution is -0.301. The van der Waals surface area contributed by atoms with Gasteiger partial charge in [-0.05, 0) is 83.5 Å². The summed E-state index contributed by atoms with van der Waals surface area (Å²) < 4.78 is 28.4. The minimum Gasteiger partial charge on any atom is -0.479 e. The monoisotopic (exact) mass is 1030 g/mol. The maximum Gasteiger partial charge on any atom is 0.335 e. The van der Waals surface area contributed by atoms with Gasteiger partial charge in [0.25, 0.3) is 0 Å². The highest BCUT2D eigenvalue weighted by molar-refractivity contribution is 5.74. The molecule has 0 amide bonds. The summed E-state index contributed by atoms with van der Waals surface area (Å²) in [6, 6.07) is 0. The van der Waals surface area contributed by atoms with E-state index in [2.05, 4.69) is 81.5 Å². The first-order valence-corrected chi connectivity index (χ1v) is 29.3. The summed E-state index contributed by atoms with van der Waals surface area (Å²) in [4.78, 5) is 51.0. The van der Waals surface area contributed by atoms with Crippen molar-refractivity contribution < 1.29 is 58.2 Å². The van der Waals surface area contributed by atoms with Crippen molar-refractivity contribution in [3.63, 3.8) is 0 Å². The molecule has 1 heterocycles. The first-order valence-electron chi connectivity index (χ1n) is 29.3. The molecule has 1 aliphatic heterocycles. The molecule has 3 N–H and O–H groups in total. The second kappa shape index (κ2) is 49.3. The number of unbranched alkanes of at least 4 members (excludes halogenated alkanes) is 25. The summed E-state index contributed by atoms with van der Waals surface area (Å²) in [6.07, 6.45) is 47.6. The molecular formula is C61H104O12. The minimum absolute atomic E-state index is 0.0487. The number of aliphatic hydroxyl groups excluding tert-OH is 2. The van der Waals surface area contributed by atoms with E-state index in [9.17, 15) is 34.5 Å². The third kappa shape index (κ3) is 39.5. The first-order chi connectivity index (χ1) is 35.6. The standard InChI is InChI=1S/C61H104O12/c1-4-7-10-13-16-19-22-24-26-27-29-30-33-35-38-41-44-47-53(62)69-50-52(71-54(63)48-45-42-39-36-32-21-18-15-12-9-6-3)51-70-61-59(57(66)56(65)58(73-61)60(67)68)72-55(64)49-46-43-40-37-34-31-28-25-23-20-17-14-11-8-5-2/h7,10,16,19,24-26,28-30,52,56-59,61,65-66H,4-6,8-9,11-15,17-18,20-23,27,31-51H2,1-3H3,(H,67,68)/b10-7-,19-16-,26-24-,28-25-,30-29-. The zero-order chi connectivity index (χ0) is 53.3. The lowest BCUT2D eigenvalue weighted by Crippen LogP contribution is -2.61. The quantitative estimate of drug-likeness (QED) is 0.0228. The van der Waals surface area contributed by atoms with E-state index in [1.165, 1.54) is 83.5 Å². The molecule has 0 aromatic rings. The molecule has 0 aromatic heterocycles. The molecule has 12 nitrogen and oxygen atoms in total. The summed E-state index contributed by atoms with van der Waals surface area (Å²) in [6.45, 7) is 5.84. The highest BCUT2D eigenvalue weighted by Crippen LogP contribution is 2.26. The van der Waals surface area contributed by atoms with Crippen LogP contribution in [0.1, 0.15) is 252 Å². The Morgan fingerprint density at radius 3 is 1.33 bits per heavy atom. The van der Waals surface area contributed by atoms with Crippen LogP contribution in [0.3, 0.4) is 0 Å². The predicted molar refractivity (Wildman–Crippen MR) is 294 cm³/mol. The number of carbonyl (C=O) groups is 4. The van der Waals surface area contributed by atoms with Crippen LogP contribution in [0.5, 0.6) is 0 Å². The number of carbonyl (C=O) groups excluding carboxylic acids is 3. The molecule has 12 heteroatoms. The number of carboxylic acid groups (broad SMARTS) is 1. The number of allylic oxidation sites excluding steroid dienone is 10. The van der Waals surface area contributed by atoms with Crippen LogP contribution in [0.15, 0.2) is 60.8 Å². The second-order valence-electron chi connectivity index (χ2n) is 19.9. The molecule has 0 bridgehead atoms. The van der Waals surface area contributed by atoms with Gasteiger partial charge in [0.15, 0.2) is 24.6 Å². The molecule has 1 saturated heterocycles. The predicted octanol–water partition coefficient (Wildman–Crippen LogP) is 14.8. The molecule has 0 radical (unpaired) electrons. The van der Waals surface area contributed by atoms with Crippen LogP contribution >= 0.6 is 0 Å². The van der Waals surface area contributed by atoms with Crippen molar-refractivity contribution in [2.45, 2.75) is 289 Å². The number of hydrogen-bond donors (Lipinski definition) is 3. The van der Waals surface area contributed by atoms with Gasteiger partial charge < -0.3 is 39.0 Å². The third-order valence-corrected chi connectivity index (χ3v) is 13.1. The fourth-order valence-corrected chi connectivity index (χ4v) is 8.59. The SMILES string of the molecule is CC/C=C\C/C=C\C/C=C\C/C=C\CCCCCCC(=O)OCC(COC1OC(C(=O)O)C(O)C(O)C1OC(=O)CCCCCCC/C=C\CCCCCCCC)OC(=O)CCCCCCCCCCCCC. The van der Waals surface area contributed by atoms with E-state index in [0.29, 0.717) is 19.3 Å². The summed E-state index contributed by atoms with van der Waals surface area (Å²) in [5.41, 5.74) is 0. The van der Waals surface area contributed by atoms with Crippen molar-refractivity contribution in [3.8, 4) is 0 Å². The molecule has 73 heavy (non-hydrogen) atoms. The largest absolute Gasteiger partial charge is 0.479 e. The number of rotatable bonds is 49. The highest BCUT2D eigenvalue weighted by atomic mass is 16.7. The van der Waals surface area contributed by atoms with Gasteiger partial charge in [-0.3, -0.25) is 14.4 Å². The fraction of sp³-hybridized carbons (Fsp3) is 0.770. The molecule has 0 aromatic carbocycles. The Labute approximate surface area is 443 Å². The fourth-order valence-electron chi connectivity index (χ4n) is 8.59. The Hall–Kier alpha value is -3.58. The maximum atomic E-state index is 13.1. The Kier molecular flexibility index (Phi) is 45.5. The zero-order valence-corrected chi connectivity index (χ0v) is 46.1. The van der Waals surface area contributed by atoms with E-state index in [4.69, 9.17) is 23.7 Å². The molecule has 420 valence electrons. The Morgan fingerprint density at radius 2 is 0.863 bits per heavy atom. The van der Waals surface area contributed by atoms with Crippen molar-refractivity contribution in [2.75, 3.05) is 13.2 Å². The average Bonchev–Trinajstić information content (AvgIpc) is 3.37. The maximum absolute atomic E-state index is 13.1. The topological polar surface area (TPSA) is 175 Å². The van der Waals surface area contributed by atoms with Crippen molar-refractivity contribution in [1.82, 2.24) is 0 Å². The lowest BCUT2D eigenvalue weighted by atomic mass is 9.98. The van der Waals surface area contributed by atoms with Gasteiger partial charge in [0.05, 0.1) is 6.61 Å². The smallest absolute Gasteiger partial charge is 0.335 e. The van der Waals surface area contributed by atoms with Gasteiger partial charge in [-0.2, -0.15) is 0 Å².